The fraction of sp³-hybridized carbons (Fsp3) is 0.464. The van der Waals surface area contributed by atoms with E-state index in [0.717, 1.165) is 31.6 Å². The van der Waals surface area contributed by atoms with Gasteiger partial charge in [-0.05, 0) is 80.3 Å². The van der Waals surface area contributed by atoms with Gasteiger partial charge in [-0.15, -0.1) is 13.2 Å². The Morgan fingerprint density at radius 2 is 1.69 bits per heavy atom. The molecular formula is C28H32F3N5O6. The van der Waals surface area contributed by atoms with Crippen molar-refractivity contribution in [1.82, 2.24) is 14.5 Å². The average molecular weight is 592 g/mol. The predicted octanol–water partition coefficient (Wildman–Crippen LogP) is 4.90. The first-order valence-corrected chi connectivity index (χ1v) is 13.5. The Bertz CT molecular complexity index is 1330. The van der Waals surface area contributed by atoms with Crippen LogP contribution in [0.1, 0.15) is 19.8 Å². The van der Waals surface area contributed by atoms with E-state index in [-0.39, 0.29) is 24.2 Å². The van der Waals surface area contributed by atoms with Crippen LogP contribution in [0.4, 0.5) is 24.7 Å². The van der Waals surface area contributed by atoms with Gasteiger partial charge in [0.25, 0.3) is 0 Å². The van der Waals surface area contributed by atoms with Gasteiger partial charge in [0, 0.05) is 36.3 Å². The van der Waals surface area contributed by atoms with E-state index in [4.69, 9.17) is 14.2 Å². The summed E-state index contributed by atoms with van der Waals surface area (Å²) in [5.41, 5.74) is 0.436. The zero-order valence-electron chi connectivity index (χ0n) is 23.2. The third-order valence-electron chi connectivity index (χ3n) is 7.36. The highest BCUT2D eigenvalue weighted by atomic mass is 19.4. The first-order chi connectivity index (χ1) is 20.0. The van der Waals surface area contributed by atoms with E-state index in [0.29, 0.717) is 37.2 Å². The van der Waals surface area contributed by atoms with E-state index in [2.05, 4.69) is 26.6 Å². The molecule has 14 heteroatoms. The Morgan fingerprint density at radius 3 is 2.31 bits per heavy atom. The van der Waals surface area contributed by atoms with Crippen LogP contribution in [0.25, 0.3) is 0 Å². The summed E-state index contributed by atoms with van der Waals surface area (Å²) in [5.74, 6) is 0.679. The molecule has 0 N–H and O–H groups in total. The van der Waals surface area contributed by atoms with E-state index in [1.165, 1.54) is 30.5 Å². The number of benzene rings is 2. The number of imidazole rings is 1. The molecule has 1 fully saturated rings. The lowest BCUT2D eigenvalue weighted by Gasteiger charge is -2.38. The molecule has 226 valence electrons. The van der Waals surface area contributed by atoms with Crippen molar-refractivity contribution >= 4 is 11.5 Å². The number of piperidine rings is 1. The van der Waals surface area contributed by atoms with Gasteiger partial charge in [0.1, 0.15) is 36.7 Å². The van der Waals surface area contributed by atoms with Crippen LogP contribution in [0.5, 0.6) is 23.3 Å². The van der Waals surface area contributed by atoms with Crippen molar-refractivity contribution in [3.63, 3.8) is 0 Å². The Hall–Kier alpha value is -4.20. The molecule has 1 unspecified atom stereocenters. The maximum atomic E-state index is 12.3. The van der Waals surface area contributed by atoms with E-state index in [1.54, 1.807) is 4.57 Å². The second kappa shape index (κ2) is 12.0. The molecule has 3 heterocycles. The molecule has 0 spiro atoms. The van der Waals surface area contributed by atoms with Crippen LogP contribution in [0.3, 0.4) is 0 Å². The number of halogens is 3. The molecule has 5 rings (SSSR count). The molecule has 0 radical (unpaired) electrons. The number of fused-ring (bicyclic) bond motifs is 1. The molecular weight excluding hydrogens is 559 g/mol. The number of ether oxygens (including phenoxy) is 4. The van der Waals surface area contributed by atoms with Gasteiger partial charge in [0.05, 0.1) is 6.54 Å². The first kappa shape index (κ1) is 29.3. The van der Waals surface area contributed by atoms with Gasteiger partial charge in [-0.2, -0.15) is 0 Å². The van der Waals surface area contributed by atoms with E-state index < -0.39 is 16.9 Å². The van der Waals surface area contributed by atoms with Crippen LogP contribution < -0.4 is 23.8 Å². The number of hydrogen-bond acceptors (Lipinski definition) is 9. The minimum absolute atomic E-state index is 0.220. The van der Waals surface area contributed by atoms with Gasteiger partial charge in [-0.1, -0.05) is 0 Å². The molecule has 11 nitrogen and oxygen atoms in total. The summed E-state index contributed by atoms with van der Waals surface area (Å²) >= 11 is 0. The van der Waals surface area contributed by atoms with Crippen LogP contribution in [0.15, 0.2) is 54.7 Å². The number of aromatic nitrogens is 2. The molecule has 0 amide bonds. The quantitative estimate of drug-likeness (QED) is 0.228. The number of alkyl halides is 3. The zero-order valence-corrected chi connectivity index (χ0v) is 23.2. The highest BCUT2D eigenvalue weighted by Gasteiger charge is 2.41. The number of likely N-dealkylation sites (N-methyl/N-ethyl adjacent to an activating group) is 1. The summed E-state index contributed by atoms with van der Waals surface area (Å²) in [7, 11) is 2.05. The molecule has 1 saturated heterocycles. The zero-order chi connectivity index (χ0) is 29.9. The van der Waals surface area contributed by atoms with Crippen molar-refractivity contribution in [3.8, 4) is 23.3 Å². The topological polar surface area (TPSA) is 104 Å². The Labute approximate surface area is 240 Å². The number of hydrogen-bond donors (Lipinski definition) is 0. The lowest BCUT2D eigenvalue weighted by atomic mass is 10.0. The summed E-state index contributed by atoms with van der Waals surface area (Å²) in [4.78, 5) is 18.8. The van der Waals surface area contributed by atoms with Crippen molar-refractivity contribution in [2.45, 2.75) is 44.3 Å². The molecule has 0 saturated carbocycles. The molecule has 2 aromatic carbocycles. The smallest absolute Gasteiger partial charge is 0.492 e. The molecule has 2 aliphatic heterocycles. The number of anilines is 1. The SMILES string of the molecule is CN(CCOc1ccc(OC(F)(F)F)cc1)C1CCN(c2ccc(OCC3(C)Cn4cc([N+](=O)[O-])nc4O3)cc2)CC1. The molecule has 2 aliphatic rings. The summed E-state index contributed by atoms with van der Waals surface area (Å²) in [6, 6.07) is 13.9. The Morgan fingerprint density at radius 1 is 1.07 bits per heavy atom. The van der Waals surface area contributed by atoms with Crippen LogP contribution >= 0.6 is 0 Å². The lowest BCUT2D eigenvalue weighted by molar-refractivity contribution is -0.389. The van der Waals surface area contributed by atoms with Gasteiger partial charge in [-0.3, -0.25) is 9.47 Å². The highest BCUT2D eigenvalue weighted by molar-refractivity contribution is 5.49. The largest absolute Gasteiger partial charge is 0.573 e. The third-order valence-corrected chi connectivity index (χ3v) is 7.36. The number of nitro groups is 1. The van der Waals surface area contributed by atoms with Gasteiger partial charge in [-0.25, -0.2) is 0 Å². The molecule has 1 atom stereocenters. The van der Waals surface area contributed by atoms with E-state index >= 15 is 0 Å². The predicted molar refractivity (Wildman–Crippen MR) is 146 cm³/mol. The summed E-state index contributed by atoms with van der Waals surface area (Å²) < 4.78 is 59.9. The summed E-state index contributed by atoms with van der Waals surface area (Å²) in [6.07, 6.45) is -1.37. The first-order valence-electron chi connectivity index (χ1n) is 13.5. The van der Waals surface area contributed by atoms with Crippen molar-refractivity contribution in [1.29, 1.82) is 0 Å². The van der Waals surface area contributed by atoms with Crippen molar-refractivity contribution < 1.29 is 37.0 Å². The minimum Gasteiger partial charge on any atom is -0.492 e. The number of rotatable bonds is 11. The Kier molecular flexibility index (Phi) is 8.34. The second-order valence-electron chi connectivity index (χ2n) is 10.7. The van der Waals surface area contributed by atoms with E-state index in [9.17, 15) is 23.3 Å². The minimum atomic E-state index is -4.72. The third kappa shape index (κ3) is 7.35. The second-order valence-corrected chi connectivity index (χ2v) is 10.7. The van der Waals surface area contributed by atoms with Crippen molar-refractivity contribution in [2.75, 3.05) is 44.8 Å². The van der Waals surface area contributed by atoms with Gasteiger partial charge in [0.15, 0.2) is 5.60 Å². The maximum Gasteiger partial charge on any atom is 0.573 e. The summed E-state index contributed by atoms with van der Waals surface area (Å²) in [6.45, 7) is 5.47. The fourth-order valence-electron chi connectivity index (χ4n) is 5.14. The fourth-order valence-corrected chi connectivity index (χ4v) is 5.14. The lowest BCUT2D eigenvalue weighted by Crippen LogP contribution is -2.44. The van der Waals surface area contributed by atoms with Crippen LogP contribution in [0.2, 0.25) is 0 Å². The monoisotopic (exact) mass is 591 g/mol. The molecule has 0 aliphatic carbocycles. The van der Waals surface area contributed by atoms with Crippen LogP contribution in [0, 0.1) is 10.1 Å². The molecule has 1 aromatic heterocycles. The van der Waals surface area contributed by atoms with Gasteiger partial charge >= 0.3 is 18.2 Å². The summed E-state index contributed by atoms with van der Waals surface area (Å²) in [5, 5.41) is 10.9. The molecule has 3 aromatic rings. The maximum absolute atomic E-state index is 12.3. The Balaban J connectivity index is 1.02. The normalized spacial score (nSPS) is 19.0. The highest BCUT2D eigenvalue weighted by Crippen LogP contribution is 2.32. The molecule has 42 heavy (non-hydrogen) atoms. The van der Waals surface area contributed by atoms with Gasteiger partial charge < -0.3 is 34.0 Å². The van der Waals surface area contributed by atoms with E-state index in [1.807, 2.05) is 31.2 Å². The van der Waals surface area contributed by atoms with Crippen LogP contribution in [-0.2, 0) is 6.54 Å². The number of nitrogens with zero attached hydrogens (tertiary/aromatic N) is 5. The average Bonchev–Trinajstić information content (AvgIpc) is 3.48. The standard InChI is InChI=1S/C28H32F3N5O6/c1-27(18-35-17-25(36(37)38)32-26(35)42-27)19-40-23-5-3-21(4-6-23)34-13-11-20(12-14-34)33(2)15-16-39-22-7-9-24(10-8-22)41-28(29,30)31/h3-10,17,20H,11-16,18-19H2,1-2H3. The van der Waals surface area contributed by atoms with Crippen molar-refractivity contribution in [2.24, 2.45) is 0 Å². The van der Waals surface area contributed by atoms with Gasteiger partial charge in [0.2, 0.25) is 0 Å². The molecule has 0 bridgehead atoms. The van der Waals surface area contributed by atoms with Crippen molar-refractivity contribution in [3.05, 3.63) is 64.8 Å². The van der Waals surface area contributed by atoms with Crippen LogP contribution in [-0.4, -0.2) is 77.3 Å².